The van der Waals surface area contributed by atoms with Crippen LogP contribution in [0.2, 0.25) is 0 Å². The lowest BCUT2D eigenvalue weighted by Gasteiger charge is -1.92. The highest BCUT2D eigenvalue weighted by Gasteiger charge is 2.05. The maximum absolute atomic E-state index is 12.8. The Bertz CT molecular complexity index is 718. The summed E-state index contributed by atoms with van der Waals surface area (Å²) >= 11 is 0. The Morgan fingerprint density at radius 2 is 1.60 bits per heavy atom. The average molecular weight is 266 g/mol. The van der Waals surface area contributed by atoms with Crippen molar-refractivity contribution < 1.29 is 8.81 Å². The SMILES string of the molecule is Fc1ccc(/C=C\c2nnc(-c3ccccc3)o2)cc1. The fourth-order valence-corrected chi connectivity index (χ4v) is 1.74. The van der Waals surface area contributed by atoms with E-state index in [4.69, 9.17) is 4.42 Å². The van der Waals surface area contributed by atoms with Gasteiger partial charge in [-0.2, -0.15) is 0 Å². The highest BCUT2D eigenvalue weighted by Crippen LogP contribution is 2.18. The Morgan fingerprint density at radius 3 is 2.35 bits per heavy atom. The molecule has 0 aliphatic rings. The molecule has 1 aromatic heterocycles. The van der Waals surface area contributed by atoms with Crippen LogP contribution in [0.1, 0.15) is 11.5 Å². The lowest BCUT2D eigenvalue weighted by Crippen LogP contribution is -1.75. The molecule has 3 aromatic rings. The highest BCUT2D eigenvalue weighted by molar-refractivity contribution is 5.66. The molecule has 4 heteroatoms. The van der Waals surface area contributed by atoms with Gasteiger partial charge >= 0.3 is 0 Å². The van der Waals surface area contributed by atoms with Gasteiger partial charge in [-0.25, -0.2) is 4.39 Å². The Morgan fingerprint density at radius 1 is 0.850 bits per heavy atom. The third-order valence-electron chi connectivity index (χ3n) is 2.75. The zero-order chi connectivity index (χ0) is 13.8. The summed E-state index contributed by atoms with van der Waals surface area (Å²) < 4.78 is 18.3. The molecule has 0 saturated heterocycles. The van der Waals surface area contributed by atoms with Crippen LogP contribution in [0, 0.1) is 5.82 Å². The summed E-state index contributed by atoms with van der Waals surface area (Å²) in [5.74, 6) is 0.629. The van der Waals surface area contributed by atoms with E-state index in [0.717, 1.165) is 11.1 Å². The molecule has 0 fully saturated rings. The smallest absolute Gasteiger partial charge is 0.248 e. The molecular weight excluding hydrogens is 255 g/mol. The van der Waals surface area contributed by atoms with Crippen LogP contribution in [0.25, 0.3) is 23.6 Å². The first-order valence-corrected chi connectivity index (χ1v) is 6.14. The molecule has 0 aliphatic heterocycles. The van der Waals surface area contributed by atoms with Gasteiger partial charge in [0.1, 0.15) is 5.82 Å². The number of aromatic nitrogens is 2. The fourth-order valence-electron chi connectivity index (χ4n) is 1.74. The zero-order valence-corrected chi connectivity index (χ0v) is 10.5. The van der Waals surface area contributed by atoms with E-state index in [1.807, 2.05) is 30.3 Å². The second kappa shape index (κ2) is 5.48. The molecule has 0 bridgehead atoms. The van der Waals surface area contributed by atoms with Crippen molar-refractivity contribution >= 4 is 12.2 Å². The predicted octanol–water partition coefficient (Wildman–Crippen LogP) is 4.05. The second-order valence-electron chi connectivity index (χ2n) is 4.20. The largest absolute Gasteiger partial charge is 0.417 e. The molecule has 0 N–H and O–H groups in total. The first-order chi connectivity index (χ1) is 9.81. The minimum absolute atomic E-state index is 0.258. The van der Waals surface area contributed by atoms with Gasteiger partial charge in [0.05, 0.1) is 0 Å². The maximum atomic E-state index is 12.8. The molecule has 0 saturated carbocycles. The number of halogens is 1. The van der Waals surface area contributed by atoms with Crippen molar-refractivity contribution in [2.45, 2.75) is 0 Å². The van der Waals surface area contributed by atoms with Gasteiger partial charge in [-0.15, -0.1) is 10.2 Å². The minimum atomic E-state index is -0.258. The van der Waals surface area contributed by atoms with Crippen LogP contribution in [0.15, 0.2) is 59.0 Å². The molecule has 0 amide bonds. The normalized spacial score (nSPS) is 11.1. The standard InChI is InChI=1S/C16H11FN2O/c17-14-9-6-12(7-10-14)8-11-15-18-19-16(20-15)13-4-2-1-3-5-13/h1-11H/b11-8-. The molecule has 0 atom stereocenters. The predicted molar refractivity (Wildman–Crippen MR) is 75.1 cm³/mol. The molecule has 0 radical (unpaired) electrons. The summed E-state index contributed by atoms with van der Waals surface area (Å²) in [7, 11) is 0. The van der Waals surface area contributed by atoms with Crippen LogP contribution < -0.4 is 0 Å². The van der Waals surface area contributed by atoms with Gasteiger partial charge in [0.25, 0.3) is 0 Å². The number of benzene rings is 2. The molecular formula is C16H11FN2O. The molecule has 1 heterocycles. The van der Waals surface area contributed by atoms with E-state index in [9.17, 15) is 4.39 Å². The molecule has 0 spiro atoms. The molecule has 0 aliphatic carbocycles. The van der Waals surface area contributed by atoms with Gasteiger partial charge in [-0.3, -0.25) is 0 Å². The van der Waals surface area contributed by atoms with E-state index in [1.54, 1.807) is 24.3 Å². The summed E-state index contributed by atoms with van der Waals surface area (Å²) in [6.07, 6.45) is 3.49. The van der Waals surface area contributed by atoms with Gasteiger partial charge < -0.3 is 4.42 Å². The number of nitrogens with zero attached hydrogens (tertiary/aromatic N) is 2. The topological polar surface area (TPSA) is 38.9 Å². The lowest BCUT2D eigenvalue weighted by molar-refractivity contribution is 0.558. The van der Waals surface area contributed by atoms with Crippen molar-refractivity contribution in [2.75, 3.05) is 0 Å². The van der Waals surface area contributed by atoms with E-state index in [2.05, 4.69) is 10.2 Å². The Balaban J connectivity index is 1.79. The van der Waals surface area contributed by atoms with Crippen LogP contribution >= 0.6 is 0 Å². The minimum Gasteiger partial charge on any atom is -0.417 e. The van der Waals surface area contributed by atoms with Gasteiger partial charge in [0, 0.05) is 11.6 Å². The first-order valence-electron chi connectivity index (χ1n) is 6.14. The van der Waals surface area contributed by atoms with E-state index in [0.29, 0.717) is 11.8 Å². The second-order valence-corrected chi connectivity index (χ2v) is 4.20. The first kappa shape index (κ1) is 12.3. The highest BCUT2D eigenvalue weighted by atomic mass is 19.1. The van der Waals surface area contributed by atoms with Crippen LogP contribution in [0.5, 0.6) is 0 Å². The fraction of sp³-hybridized carbons (Fsp3) is 0. The van der Waals surface area contributed by atoms with E-state index in [-0.39, 0.29) is 5.82 Å². The molecule has 98 valence electrons. The molecule has 20 heavy (non-hydrogen) atoms. The van der Waals surface area contributed by atoms with Crippen molar-refractivity contribution in [1.29, 1.82) is 0 Å². The number of hydrogen-bond donors (Lipinski definition) is 0. The van der Waals surface area contributed by atoms with Gasteiger partial charge in [0.2, 0.25) is 11.8 Å². The zero-order valence-electron chi connectivity index (χ0n) is 10.5. The number of hydrogen-bond acceptors (Lipinski definition) is 3. The van der Waals surface area contributed by atoms with E-state index >= 15 is 0 Å². The van der Waals surface area contributed by atoms with Gasteiger partial charge in [-0.05, 0) is 35.9 Å². The Kier molecular flexibility index (Phi) is 3.37. The summed E-state index contributed by atoms with van der Waals surface area (Å²) in [5.41, 5.74) is 1.74. The maximum Gasteiger partial charge on any atom is 0.248 e. The summed E-state index contributed by atoms with van der Waals surface area (Å²) in [6, 6.07) is 15.7. The monoisotopic (exact) mass is 266 g/mol. The van der Waals surface area contributed by atoms with Gasteiger partial charge in [-0.1, -0.05) is 30.3 Å². The molecule has 3 rings (SSSR count). The molecule has 3 nitrogen and oxygen atoms in total. The third-order valence-corrected chi connectivity index (χ3v) is 2.75. The van der Waals surface area contributed by atoms with Crippen molar-refractivity contribution in [1.82, 2.24) is 10.2 Å². The van der Waals surface area contributed by atoms with Crippen molar-refractivity contribution in [3.05, 3.63) is 71.9 Å². The summed E-state index contributed by atoms with van der Waals surface area (Å²) in [5, 5.41) is 7.93. The van der Waals surface area contributed by atoms with Crippen molar-refractivity contribution in [3.8, 4) is 11.5 Å². The quantitative estimate of drug-likeness (QED) is 0.718. The Labute approximate surface area is 115 Å². The summed E-state index contributed by atoms with van der Waals surface area (Å²) in [6.45, 7) is 0. The van der Waals surface area contributed by atoms with Crippen LogP contribution in [-0.4, -0.2) is 10.2 Å². The Hall–Kier alpha value is -2.75. The lowest BCUT2D eigenvalue weighted by atomic mass is 10.2. The number of rotatable bonds is 3. The van der Waals surface area contributed by atoms with E-state index < -0.39 is 0 Å². The van der Waals surface area contributed by atoms with E-state index in [1.165, 1.54) is 12.1 Å². The molecule has 2 aromatic carbocycles. The third kappa shape index (κ3) is 2.80. The van der Waals surface area contributed by atoms with Crippen LogP contribution in [0.4, 0.5) is 4.39 Å². The molecule has 0 unspecified atom stereocenters. The van der Waals surface area contributed by atoms with Crippen LogP contribution in [-0.2, 0) is 0 Å². The van der Waals surface area contributed by atoms with Crippen molar-refractivity contribution in [3.63, 3.8) is 0 Å². The summed E-state index contributed by atoms with van der Waals surface area (Å²) in [4.78, 5) is 0. The van der Waals surface area contributed by atoms with Gasteiger partial charge in [0.15, 0.2) is 0 Å². The van der Waals surface area contributed by atoms with Crippen LogP contribution in [0.3, 0.4) is 0 Å². The van der Waals surface area contributed by atoms with Crippen molar-refractivity contribution in [2.24, 2.45) is 0 Å². The average Bonchev–Trinajstić information content (AvgIpc) is 2.97.